The molecule has 8 N–H and O–H groups in total. The number of carbonyl (C=O) groups excluding carboxylic acids is 5. The quantitative estimate of drug-likeness (QED) is 0.0834. The van der Waals surface area contributed by atoms with Crippen LogP contribution in [0, 0.1) is 11.8 Å². The molecule has 14 nitrogen and oxygen atoms in total. The summed E-state index contributed by atoms with van der Waals surface area (Å²) in [5, 5.41) is 30.8. The van der Waals surface area contributed by atoms with Gasteiger partial charge in [0.2, 0.25) is 17.7 Å². The van der Waals surface area contributed by atoms with Gasteiger partial charge in [0.25, 0.3) is 0 Å². The van der Waals surface area contributed by atoms with E-state index in [-0.39, 0.29) is 36.8 Å². The Hall–Kier alpha value is -3.91. The first kappa shape index (κ1) is 42.1. The summed E-state index contributed by atoms with van der Waals surface area (Å²) < 4.78 is 10.1. The van der Waals surface area contributed by atoms with E-state index < -0.39 is 65.7 Å². The van der Waals surface area contributed by atoms with E-state index in [1.54, 1.807) is 46.8 Å². The number of methoxy groups -OCH3 is 1. The summed E-state index contributed by atoms with van der Waals surface area (Å²) >= 11 is 0. The number of alkyl carbamates (subject to hydrolysis) is 1. The molecule has 0 aromatic heterocycles. The van der Waals surface area contributed by atoms with Gasteiger partial charge in [-0.05, 0) is 76.0 Å². The third kappa shape index (κ3) is 16.8. The van der Waals surface area contributed by atoms with Gasteiger partial charge in [-0.2, -0.15) is 0 Å². The van der Waals surface area contributed by atoms with Crippen LogP contribution in [-0.2, 0) is 35.1 Å². The molecule has 0 radical (unpaired) electrons. The molecule has 0 heterocycles. The predicted octanol–water partition coefficient (Wildman–Crippen LogP) is 2.04. The maximum atomic E-state index is 13.6. The van der Waals surface area contributed by atoms with Crippen LogP contribution in [0.2, 0.25) is 0 Å². The maximum absolute atomic E-state index is 13.6. The molecule has 272 valence electrons. The minimum atomic E-state index is -1.17. The van der Waals surface area contributed by atoms with Crippen LogP contribution in [-0.4, -0.2) is 89.5 Å². The summed E-state index contributed by atoms with van der Waals surface area (Å²) in [5.74, 6) is -2.69. The van der Waals surface area contributed by atoms with Crippen LogP contribution in [0.5, 0.6) is 5.75 Å². The second-order valence-electron chi connectivity index (χ2n) is 13.8. The van der Waals surface area contributed by atoms with Crippen LogP contribution in [0.4, 0.5) is 4.79 Å². The number of unbranched alkanes of at least 4 members (excludes halogenated alkanes) is 1. The molecular formula is C34H57N5O9. The van der Waals surface area contributed by atoms with Crippen molar-refractivity contribution in [2.75, 3.05) is 13.7 Å². The summed E-state index contributed by atoms with van der Waals surface area (Å²) in [4.78, 5) is 64.5. The molecule has 1 rings (SSSR count). The average molecular weight is 680 g/mol. The summed E-state index contributed by atoms with van der Waals surface area (Å²) in [6, 6.07) is 2.22. The number of esters is 1. The van der Waals surface area contributed by atoms with Crippen LogP contribution < -0.4 is 27.0 Å². The van der Waals surface area contributed by atoms with Crippen molar-refractivity contribution in [2.45, 2.75) is 123 Å². The van der Waals surface area contributed by atoms with E-state index in [4.69, 9.17) is 15.2 Å². The largest absolute Gasteiger partial charge is 0.508 e. The highest BCUT2D eigenvalue weighted by atomic mass is 16.6. The number of aromatic hydroxyl groups is 1. The topological polar surface area (TPSA) is 218 Å². The van der Waals surface area contributed by atoms with E-state index in [9.17, 15) is 34.2 Å². The van der Waals surface area contributed by atoms with Gasteiger partial charge in [-0.15, -0.1) is 0 Å². The average Bonchev–Trinajstić information content (AvgIpc) is 2.97. The molecule has 0 unspecified atom stereocenters. The van der Waals surface area contributed by atoms with Crippen molar-refractivity contribution >= 4 is 29.8 Å². The number of aliphatic hydroxyl groups excluding tert-OH is 1. The Morgan fingerprint density at radius 3 is 2.04 bits per heavy atom. The van der Waals surface area contributed by atoms with Gasteiger partial charge in [0.1, 0.15) is 29.5 Å². The molecule has 0 spiro atoms. The van der Waals surface area contributed by atoms with E-state index >= 15 is 0 Å². The van der Waals surface area contributed by atoms with Gasteiger partial charge < -0.3 is 46.7 Å². The van der Waals surface area contributed by atoms with Gasteiger partial charge in [0.15, 0.2) is 0 Å². The first-order valence-corrected chi connectivity index (χ1v) is 16.5. The number of ether oxygens (including phenoxy) is 2. The summed E-state index contributed by atoms with van der Waals surface area (Å²) in [5.41, 5.74) is 6.00. The van der Waals surface area contributed by atoms with Crippen molar-refractivity contribution in [3.63, 3.8) is 0 Å². The fraction of sp³-hybridized carbons (Fsp3) is 0.676. The van der Waals surface area contributed by atoms with Crippen LogP contribution in [0.3, 0.4) is 0 Å². The first-order valence-electron chi connectivity index (χ1n) is 16.5. The number of phenolic OH excluding ortho intramolecular Hbond substituents is 1. The Labute approximate surface area is 284 Å². The lowest BCUT2D eigenvalue weighted by Gasteiger charge is -2.27. The smallest absolute Gasteiger partial charge is 0.407 e. The number of nitrogens with one attached hydrogen (secondary N) is 4. The second-order valence-corrected chi connectivity index (χ2v) is 13.8. The van der Waals surface area contributed by atoms with Gasteiger partial charge >= 0.3 is 12.1 Å². The molecule has 1 aromatic rings. The monoisotopic (exact) mass is 679 g/mol. The standard InChI is InChI=1S/C34H57N5O9/c1-20(2)17-24(35)27(41)19-28(42)39-29(21(3)4)31(44)38-26(18-22-12-14-23(40)15-13-22)30(43)37-25(32(45)47-8)11-9-10-16-36-33(46)48-34(5,6)7/h12-15,20-21,24-27,29,40-41H,9-11,16-19,35H2,1-8H3,(H,36,46)(H,37,43)(H,38,44)(H,39,42)/t24-,25-,26-,27-,29-/m0/s1. The van der Waals surface area contributed by atoms with E-state index in [2.05, 4.69) is 21.3 Å². The van der Waals surface area contributed by atoms with Gasteiger partial charge in [-0.3, -0.25) is 14.4 Å². The molecule has 0 aliphatic heterocycles. The highest BCUT2D eigenvalue weighted by Crippen LogP contribution is 2.14. The molecule has 0 saturated carbocycles. The Balaban J connectivity index is 3.03. The zero-order valence-electron chi connectivity index (χ0n) is 29.6. The van der Waals surface area contributed by atoms with E-state index in [0.29, 0.717) is 31.4 Å². The lowest BCUT2D eigenvalue weighted by molar-refractivity contribution is -0.145. The van der Waals surface area contributed by atoms with Crippen LogP contribution >= 0.6 is 0 Å². The molecule has 0 aliphatic rings. The maximum Gasteiger partial charge on any atom is 0.407 e. The van der Waals surface area contributed by atoms with E-state index in [1.807, 2.05) is 13.8 Å². The van der Waals surface area contributed by atoms with Crippen molar-refractivity contribution in [1.29, 1.82) is 0 Å². The minimum Gasteiger partial charge on any atom is -0.508 e. The van der Waals surface area contributed by atoms with Gasteiger partial charge in [-0.25, -0.2) is 9.59 Å². The number of hydrogen-bond donors (Lipinski definition) is 7. The lowest BCUT2D eigenvalue weighted by Crippen LogP contribution is -2.58. The van der Waals surface area contributed by atoms with Crippen molar-refractivity contribution in [3.05, 3.63) is 29.8 Å². The number of amides is 4. The van der Waals surface area contributed by atoms with E-state index in [0.717, 1.165) is 0 Å². The third-order valence-electron chi connectivity index (χ3n) is 7.30. The first-order chi connectivity index (χ1) is 22.3. The van der Waals surface area contributed by atoms with Crippen LogP contribution in [0.1, 0.15) is 86.1 Å². The van der Waals surface area contributed by atoms with Gasteiger partial charge in [0, 0.05) is 19.0 Å². The SMILES string of the molecule is COC(=O)[C@H](CCCCNC(=O)OC(C)(C)C)NC(=O)[C@H](Cc1ccc(O)cc1)NC(=O)[C@@H](NC(=O)C[C@H](O)[C@@H](N)CC(C)C)C(C)C. The number of phenols is 1. The number of aliphatic hydroxyl groups is 1. The molecule has 5 atom stereocenters. The summed E-state index contributed by atoms with van der Waals surface area (Å²) in [6.07, 6.45) is -0.299. The zero-order chi connectivity index (χ0) is 36.6. The normalized spacial score (nSPS) is 14.7. The third-order valence-corrected chi connectivity index (χ3v) is 7.30. The van der Waals surface area contributed by atoms with Gasteiger partial charge in [0.05, 0.1) is 19.6 Å². The molecule has 0 aliphatic carbocycles. The molecular weight excluding hydrogens is 622 g/mol. The predicted molar refractivity (Wildman–Crippen MR) is 181 cm³/mol. The number of carbonyl (C=O) groups is 5. The number of hydrogen-bond acceptors (Lipinski definition) is 10. The van der Waals surface area contributed by atoms with E-state index in [1.165, 1.54) is 19.2 Å². The molecule has 0 bridgehead atoms. The number of benzene rings is 1. The molecule has 14 heteroatoms. The van der Waals surface area contributed by atoms with Crippen molar-refractivity contribution < 1.29 is 43.7 Å². The van der Waals surface area contributed by atoms with Crippen molar-refractivity contribution in [2.24, 2.45) is 17.6 Å². The van der Waals surface area contributed by atoms with Crippen molar-refractivity contribution in [1.82, 2.24) is 21.3 Å². The molecule has 0 fully saturated rings. The zero-order valence-corrected chi connectivity index (χ0v) is 29.6. The van der Waals surface area contributed by atoms with Gasteiger partial charge in [-0.1, -0.05) is 39.8 Å². The number of rotatable bonds is 19. The van der Waals surface area contributed by atoms with Crippen LogP contribution in [0.15, 0.2) is 24.3 Å². The fourth-order valence-electron chi connectivity index (χ4n) is 4.79. The summed E-state index contributed by atoms with van der Waals surface area (Å²) in [6.45, 7) is 12.9. The summed E-state index contributed by atoms with van der Waals surface area (Å²) in [7, 11) is 1.20. The lowest BCUT2D eigenvalue weighted by atomic mass is 9.97. The molecule has 0 saturated heterocycles. The second kappa shape index (κ2) is 20.5. The highest BCUT2D eigenvalue weighted by molar-refractivity contribution is 5.94. The Bertz CT molecular complexity index is 1180. The molecule has 4 amide bonds. The fourth-order valence-corrected chi connectivity index (χ4v) is 4.79. The Morgan fingerprint density at radius 2 is 1.50 bits per heavy atom. The molecule has 48 heavy (non-hydrogen) atoms. The Morgan fingerprint density at radius 1 is 0.896 bits per heavy atom. The number of nitrogens with two attached hydrogens (primary N) is 1. The molecule has 1 aromatic carbocycles. The van der Waals surface area contributed by atoms with Crippen molar-refractivity contribution in [3.8, 4) is 5.75 Å². The minimum absolute atomic E-state index is 0.00703. The Kier molecular flexibility index (Phi) is 17.9. The highest BCUT2D eigenvalue weighted by Gasteiger charge is 2.32. The van der Waals surface area contributed by atoms with Crippen LogP contribution in [0.25, 0.3) is 0 Å².